The number of likely N-dealkylation sites (tertiary alicyclic amines) is 1. The SMILES string of the molecule is CCC1(O)CN(CCc2ccnn2C)C1. The smallest absolute Gasteiger partial charge is 0.0897 e. The van der Waals surface area contributed by atoms with Crippen LogP contribution in [0, 0.1) is 0 Å². The Balaban J connectivity index is 1.75. The number of nitrogens with zero attached hydrogens (tertiary/aromatic N) is 3. The molecule has 0 saturated carbocycles. The quantitative estimate of drug-likeness (QED) is 0.781. The summed E-state index contributed by atoms with van der Waals surface area (Å²) in [6, 6.07) is 2.05. The lowest BCUT2D eigenvalue weighted by atomic mass is 9.91. The molecule has 1 aliphatic rings. The first-order valence-electron chi connectivity index (χ1n) is 5.54. The zero-order chi connectivity index (χ0) is 10.9. The van der Waals surface area contributed by atoms with Gasteiger partial charge in [-0.05, 0) is 12.5 Å². The number of hydrogen-bond donors (Lipinski definition) is 1. The summed E-state index contributed by atoms with van der Waals surface area (Å²) in [6.07, 6.45) is 3.69. The van der Waals surface area contributed by atoms with Gasteiger partial charge < -0.3 is 5.11 Å². The zero-order valence-electron chi connectivity index (χ0n) is 9.48. The molecule has 0 bridgehead atoms. The number of aliphatic hydroxyl groups is 1. The van der Waals surface area contributed by atoms with Crippen molar-refractivity contribution in [2.75, 3.05) is 19.6 Å². The van der Waals surface area contributed by atoms with Crippen LogP contribution in [-0.4, -0.2) is 45.0 Å². The molecule has 0 unspecified atom stereocenters. The first-order valence-corrected chi connectivity index (χ1v) is 5.54. The second-order valence-corrected chi connectivity index (χ2v) is 4.48. The van der Waals surface area contributed by atoms with Crippen molar-refractivity contribution in [3.05, 3.63) is 18.0 Å². The molecule has 1 N–H and O–H groups in total. The molecule has 0 amide bonds. The van der Waals surface area contributed by atoms with E-state index in [4.69, 9.17) is 0 Å². The molecule has 2 rings (SSSR count). The van der Waals surface area contributed by atoms with Crippen LogP contribution in [0.15, 0.2) is 12.3 Å². The van der Waals surface area contributed by atoms with Gasteiger partial charge in [0.15, 0.2) is 0 Å². The molecule has 1 aromatic heterocycles. The van der Waals surface area contributed by atoms with E-state index >= 15 is 0 Å². The van der Waals surface area contributed by atoms with Crippen LogP contribution in [-0.2, 0) is 13.5 Å². The van der Waals surface area contributed by atoms with Crippen LogP contribution in [0.25, 0.3) is 0 Å². The van der Waals surface area contributed by atoms with Crippen molar-refractivity contribution >= 4 is 0 Å². The van der Waals surface area contributed by atoms with Crippen molar-refractivity contribution < 1.29 is 5.11 Å². The average Bonchev–Trinajstić information content (AvgIpc) is 2.57. The normalized spacial score (nSPS) is 20.2. The van der Waals surface area contributed by atoms with Crippen molar-refractivity contribution in [3.8, 4) is 0 Å². The summed E-state index contributed by atoms with van der Waals surface area (Å²) in [7, 11) is 1.97. The average molecular weight is 209 g/mol. The van der Waals surface area contributed by atoms with E-state index in [1.165, 1.54) is 5.69 Å². The molecule has 0 aliphatic carbocycles. The first kappa shape index (κ1) is 10.6. The van der Waals surface area contributed by atoms with Gasteiger partial charge in [-0.3, -0.25) is 9.58 Å². The fourth-order valence-electron chi connectivity index (χ4n) is 2.09. The Morgan fingerprint density at radius 1 is 1.53 bits per heavy atom. The van der Waals surface area contributed by atoms with Gasteiger partial charge in [0.25, 0.3) is 0 Å². The van der Waals surface area contributed by atoms with Gasteiger partial charge in [-0.1, -0.05) is 6.92 Å². The third-order valence-electron chi connectivity index (χ3n) is 3.30. The van der Waals surface area contributed by atoms with Crippen molar-refractivity contribution in [2.45, 2.75) is 25.4 Å². The predicted octanol–water partition coefficient (Wildman–Crippen LogP) is 0.419. The Morgan fingerprint density at radius 3 is 2.80 bits per heavy atom. The number of aromatic nitrogens is 2. The molecule has 2 heterocycles. The zero-order valence-corrected chi connectivity index (χ0v) is 9.48. The highest BCUT2D eigenvalue weighted by Crippen LogP contribution is 2.23. The van der Waals surface area contributed by atoms with Gasteiger partial charge >= 0.3 is 0 Å². The maximum atomic E-state index is 9.84. The summed E-state index contributed by atoms with van der Waals surface area (Å²) in [6.45, 7) is 4.70. The molecule has 4 nitrogen and oxygen atoms in total. The van der Waals surface area contributed by atoms with Gasteiger partial charge in [-0.2, -0.15) is 5.10 Å². The molecule has 0 spiro atoms. The fraction of sp³-hybridized carbons (Fsp3) is 0.727. The molecule has 4 heteroatoms. The van der Waals surface area contributed by atoms with E-state index in [1.807, 2.05) is 30.9 Å². The van der Waals surface area contributed by atoms with Gasteiger partial charge in [-0.25, -0.2) is 0 Å². The number of β-amino-alcohol motifs (C(OH)–C–C–N with tert-alkyl or cyclic N) is 1. The summed E-state index contributed by atoms with van der Waals surface area (Å²) in [4.78, 5) is 2.29. The monoisotopic (exact) mass is 209 g/mol. The Kier molecular flexibility index (Phi) is 2.80. The van der Waals surface area contributed by atoms with Crippen LogP contribution in [0.3, 0.4) is 0 Å². The second kappa shape index (κ2) is 3.94. The Bertz CT molecular complexity index is 328. The molecule has 84 valence electrons. The van der Waals surface area contributed by atoms with Crippen LogP contribution >= 0.6 is 0 Å². The number of hydrogen-bond acceptors (Lipinski definition) is 3. The minimum Gasteiger partial charge on any atom is -0.387 e. The molecular weight excluding hydrogens is 190 g/mol. The summed E-state index contributed by atoms with van der Waals surface area (Å²) < 4.78 is 1.91. The van der Waals surface area contributed by atoms with Crippen molar-refractivity contribution in [3.63, 3.8) is 0 Å². The highest BCUT2D eigenvalue weighted by atomic mass is 16.3. The van der Waals surface area contributed by atoms with Crippen LogP contribution in [0.1, 0.15) is 19.0 Å². The van der Waals surface area contributed by atoms with Crippen LogP contribution < -0.4 is 0 Å². The summed E-state index contributed by atoms with van der Waals surface area (Å²) in [5.41, 5.74) is 0.842. The number of aryl methyl sites for hydroxylation is 1. The van der Waals surface area contributed by atoms with Crippen molar-refractivity contribution in [1.29, 1.82) is 0 Å². The van der Waals surface area contributed by atoms with E-state index < -0.39 is 5.60 Å². The van der Waals surface area contributed by atoms with E-state index in [2.05, 4.69) is 10.00 Å². The summed E-state index contributed by atoms with van der Waals surface area (Å²) >= 11 is 0. The van der Waals surface area contributed by atoms with Gasteiger partial charge in [0, 0.05) is 45.0 Å². The molecule has 0 aromatic carbocycles. The first-order chi connectivity index (χ1) is 7.13. The third-order valence-corrected chi connectivity index (χ3v) is 3.30. The van der Waals surface area contributed by atoms with Crippen LogP contribution in [0.4, 0.5) is 0 Å². The Hall–Kier alpha value is -0.870. The van der Waals surface area contributed by atoms with E-state index in [1.54, 1.807) is 0 Å². The van der Waals surface area contributed by atoms with Crippen LogP contribution in [0.2, 0.25) is 0 Å². The van der Waals surface area contributed by atoms with Gasteiger partial charge in [0.05, 0.1) is 5.60 Å². The molecule has 0 radical (unpaired) electrons. The molecule has 1 aliphatic heterocycles. The molecule has 1 saturated heterocycles. The van der Waals surface area contributed by atoms with E-state index in [-0.39, 0.29) is 0 Å². The standard InChI is InChI=1S/C11H19N3O/c1-3-11(15)8-14(9-11)7-5-10-4-6-12-13(10)2/h4,6,15H,3,5,7-9H2,1-2H3. The van der Waals surface area contributed by atoms with E-state index in [0.29, 0.717) is 0 Å². The minimum atomic E-state index is -0.410. The molecule has 1 aromatic rings. The summed E-state index contributed by atoms with van der Waals surface area (Å²) in [5.74, 6) is 0. The van der Waals surface area contributed by atoms with Crippen molar-refractivity contribution in [2.24, 2.45) is 7.05 Å². The Labute approximate surface area is 90.5 Å². The minimum absolute atomic E-state index is 0.410. The lowest BCUT2D eigenvalue weighted by Crippen LogP contribution is -2.61. The van der Waals surface area contributed by atoms with E-state index in [0.717, 1.165) is 32.5 Å². The molecular formula is C11H19N3O. The lowest BCUT2D eigenvalue weighted by molar-refractivity contribution is -0.0987. The third kappa shape index (κ3) is 2.21. The Morgan fingerprint density at radius 2 is 2.27 bits per heavy atom. The van der Waals surface area contributed by atoms with Crippen LogP contribution in [0.5, 0.6) is 0 Å². The highest BCUT2D eigenvalue weighted by molar-refractivity contribution is 5.02. The number of rotatable bonds is 4. The lowest BCUT2D eigenvalue weighted by Gasteiger charge is -2.46. The van der Waals surface area contributed by atoms with Gasteiger partial charge in [-0.15, -0.1) is 0 Å². The topological polar surface area (TPSA) is 41.3 Å². The predicted molar refractivity (Wildman–Crippen MR) is 58.6 cm³/mol. The second-order valence-electron chi connectivity index (χ2n) is 4.48. The fourth-order valence-corrected chi connectivity index (χ4v) is 2.09. The molecule has 0 atom stereocenters. The maximum absolute atomic E-state index is 9.84. The maximum Gasteiger partial charge on any atom is 0.0897 e. The highest BCUT2D eigenvalue weighted by Gasteiger charge is 2.38. The van der Waals surface area contributed by atoms with Gasteiger partial charge in [0.2, 0.25) is 0 Å². The molecule has 1 fully saturated rings. The summed E-state index contributed by atoms with van der Waals surface area (Å²) in [5, 5.41) is 14.0. The van der Waals surface area contributed by atoms with Crippen molar-refractivity contribution in [1.82, 2.24) is 14.7 Å². The molecule has 15 heavy (non-hydrogen) atoms. The van der Waals surface area contributed by atoms with E-state index in [9.17, 15) is 5.11 Å². The van der Waals surface area contributed by atoms with Gasteiger partial charge in [0.1, 0.15) is 0 Å². The largest absolute Gasteiger partial charge is 0.387 e.